The minimum Gasteiger partial charge on any atom is -0.269 e. The first kappa shape index (κ1) is 11.9. The Morgan fingerprint density at radius 1 is 1.42 bits per heavy atom. The quantitative estimate of drug-likeness (QED) is 0.730. The van der Waals surface area contributed by atoms with E-state index < -0.39 is 0 Å². The van der Waals surface area contributed by atoms with E-state index in [2.05, 4.69) is 20.2 Å². The lowest BCUT2D eigenvalue weighted by Crippen LogP contribution is -2.17. The highest BCUT2D eigenvalue weighted by Crippen LogP contribution is 2.16. The largest absolute Gasteiger partial charge is 0.269 e. The van der Waals surface area contributed by atoms with Crippen LogP contribution in [0.1, 0.15) is 11.4 Å². The predicted octanol–water partition coefficient (Wildman–Crippen LogP) is 1.41. The van der Waals surface area contributed by atoms with Crippen LogP contribution in [-0.2, 0) is 5.75 Å². The minimum absolute atomic E-state index is 0.0590. The summed E-state index contributed by atoms with van der Waals surface area (Å²) in [4.78, 5) is 20.6. The summed E-state index contributed by atoms with van der Waals surface area (Å²) < 4.78 is 1.60. The number of H-pyrrole nitrogens is 1. The molecule has 6 nitrogen and oxygen atoms in total. The van der Waals surface area contributed by atoms with Crippen LogP contribution in [0.25, 0.3) is 5.65 Å². The molecule has 0 amide bonds. The summed E-state index contributed by atoms with van der Waals surface area (Å²) in [6, 6.07) is 7.17. The number of hydrogen-bond donors (Lipinski definition) is 1. The van der Waals surface area contributed by atoms with Crippen molar-refractivity contribution in [3.8, 4) is 0 Å². The zero-order chi connectivity index (χ0) is 13.2. The number of nitrogens with zero attached hydrogens (tertiary/aromatic N) is 4. The van der Waals surface area contributed by atoms with Gasteiger partial charge < -0.3 is 0 Å². The maximum absolute atomic E-state index is 12.1. The lowest BCUT2D eigenvalue weighted by molar-refractivity contribution is 0.958. The molecule has 3 rings (SSSR count). The molecule has 1 N–H and O–H groups in total. The maximum atomic E-state index is 12.1. The van der Waals surface area contributed by atoms with Crippen LogP contribution in [-0.4, -0.2) is 24.6 Å². The number of aromatic amines is 1. The van der Waals surface area contributed by atoms with Gasteiger partial charge in [-0.05, 0) is 19.1 Å². The van der Waals surface area contributed by atoms with E-state index in [0.717, 1.165) is 11.4 Å². The summed E-state index contributed by atoms with van der Waals surface area (Å²) >= 11 is 1.46. The molecule has 0 saturated heterocycles. The number of nitrogens with one attached hydrogen (secondary N) is 1. The molecular weight excluding hydrogens is 262 g/mol. The smallest absolute Gasteiger partial charge is 0.258 e. The summed E-state index contributed by atoms with van der Waals surface area (Å²) in [5.41, 5.74) is 2.22. The zero-order valence-corrected chi connectivity index (χ0v) is 11.0. The number of aryl methyl sites for hydroxylation is 1. The van der Waals surface area contributed by atoms with Gasteiger partial charge in [-0.3, -0.25) is 14.3 Å². The average molecular weight is 273 g/mol. The summed E-state index contributed by atoms with van der Waals surface area (Å²) in [7, 11) is 0. The molecule has 0 radical (unpaired) electrons. The molecule has 0 spiro atoms. The Kier molecular flexibility index (Phi) is 3.04. The van der Waals surface area contributed by atoms with Gasteiger partial charge in [0.15, 0.2) is 5.16 Å². The van der Waals surface area contributed by atoms with Gasteiger partial charge >= 0.3 is 0 Å². The maximum Gasteiger partial charge on any atom is 0.258 e. The number of fused-ring (bicyclic) bond motifs is 1. The summed E-state index contributed by atoms with van der Waals surface area (Å²) in [5, 5.41) is 7.24. The first-order chi connectivity index (χ1) is 9.24. The van der Waals surface area contributed by atoms with E-state index in [-0.39, 0.29) is 5.56 Å². The molecule has 3 aromatic heterocycles. The van der Waals surface area contributed by atoms with Gasteiger partial charge in [0, 0.05) is 17.5 Å². The van der Waals surface area contributed by atoms with Crippen LogP contribution in [0.4, 0.5) is 0 Å². The Hall–Kier alpha value is -2.15. The average Bonchev–Trinajstić information content (AvgIpc) is 2.89. The van der Waals surface area contributed by atoms with Crippen LogP contribution in [0.3, 0.4) is 0 Å². The SMILES string of the molecule is Cc1cccc2nc(CSc3ncn[nH]3)cc(=O)n12. The van der Waals surface area contributed by atoms with E-state index >= 15 is 0 Å². The highest BCUT2D eigenvalue weighted by Gasteiger charge is 2.05. The van der Waals surface area contributed by atoms with Crippen molar-refractivity contribution in [2.24, 2.45) is 0 Å². The molecule has 0 bridgehead atoms. The first-order valence-electron chi connectivity index (χ1n) is 5.70. The van der Waals surface area contributed by atoms with Crippen LogP contribution in [0.15, 0.2) is 40.5 Å². The Labute approximate surface area is 112 Å². The van der Waals surface area contributed by atoms with E-state index in [0.29, 0.717) is 16.6 Å². The summed E-state index contributed by atoms with van der Waals surface area (Å²) in [6.07, 6.45) is 1.45. The lowest BCUT2D eigenvalue weighted by atomic mass is 10.3. The molecule has 0 aliphatic heterocycles. The molecule has 0 saturated carbocycles. The van der Waals surface area contributed by atoms with E-state index in [4.69, 9.17) is 0 Å². The number of aromatic nitrogens is 5. The zero-order valence-electron chi connectivity index (χ0n) is 10.2. The van der Waals surface area contributed by atoms with E-state index in [1.165, 1.54) is 18.1 Å². The fourth-order valence-corrected chi connectivity index (χ4v) is 2.52. The fourth-order valence-electron chi connectivity index (χ4n) is 1.84. The highest BCUT2D eigenvalue weighted by molar-refractivity contribution is 7.98. The second kappa shape index (κ2) is 4.85. The second-order valence-electron chi connectivity index (χ2n) is 4.03. The van der Waals surface area contributed by atoms with Crippen molar-refractivity contribution in [3.05, 3.63) is 52.3 Å². The van der Waals surface area contributed by atoms with Crippen LogP contribution >= 0.6 is 11.8 Å². The fraction of sp³-hybridized carbons (Fsp3) is 0.167. The van der Waals surface area contributed by atoms with Crippen molar-refractivity contribution in [2.45, 2.75) is 17.8 Å². The van der Waals surface area contributed by atoms with Gasteiger partial charge in [-0.1, -0.05) is 17.8 Å². The molecule has 3 heterocycles. The first-order valence-corrected chi connectivity index (χ1v) is 6.69. The molecule has 19 heavy (non-hydrogen) atoms. The molecule has 0 atom stereocenters. The van der Waals surface area contributed by atoms with Crippen LogP contribution in [0, 0.1) is 6.92 Å². The van der Waals surface area contributed by atoms with Crippen molar-refractivity contribution in [3.63, 3.8) is 0 Å². The number of rotatable bonds is 3. The molecule has 0 fully saturated rings. The van der Waals surface area contributed by atoms with Gasteiger partial charge in [0.25, 0.3) is 5.56 Å². The number of hydrogen-bond acceptors (Lipinski definition) is 5. The molecule has 3 aromatic rings. The predicted molar refractivity (Wildman–Crippen MR) is 72.1 cm³/mol. The third kappa shape index (κ3) is 2.37. The van der Waals surface area contributed by atoms with Gasteiger partial charge in [-0.25, -0.2) is 9.97 Å². The molecule has 0 aliphatic rings. The Morgan fingerprint density at radius 2 is 2.32 bits per heavy atom. The van der Waals surface area contributed by atoms with Crippen molar-refractivity contribution < 1.29 is 0 Å². The van der Waals surface area contributed by atoms with E-state index in [1.807, 2.05) is 25.1 Å². The molecule has 7 heteroatoms. The van der Waals surface area contributed by atoms with E-state index in [1.54, 1.807) is 10.5 Å². The van der Waals surface area contributed by atoms with Gasteiger partial charge in [0.2, 0.25) is 0 Å². The van der Waals surface area contributed by atoms with Crippen molar-refractivity contribution in [1.82, 2.24) is 24.6 Å². The van der Waals surface area contributed by atoms with Crippen molar-refractivity contribution in [1.29, 1.82) is 0 Å². The number of thioether (sulfide) groups is 1. The Balaban J connectivity index is 1.95. The summed E-state index contributed by atoms with van der Waals surface area (Å²) in [6.45, 7) is 1.89. The van der Waals surface area contributed by atoms with Crippen molar-refractivity contribution >= 4 is 17.4 Å². The van der Waals surface area contributed by atoms with Crippen LogP contribution in [0.5, 0.6) is 0 Å². The third-order valence-electron chi connectivity index (χ3n) is 2.68. The molecule has 96 valence electrons. The van der Waals surface area contributed by atoms with Crippen LogP contribution in [0.2, 0.25) is 0 Å². The molecule has 0 aromatic carbocycles. The van der Waals surface area contributed by atoms with Crippen molar-refractivity contribution in [2.75, 3.05) is 0 Å². The van der Waals surface area contributed by atoms with Gasteiger partial charge in [0.05, 0.1) is 5.69 Å². The number of pyridine rings is 1. The molecule has 0 aliphatic carbocycles. The third-order valence-corrected chi connectivity index (χ3v) is 3.59. The minimum atomic E-state index is -0.0590. The molecule has 0 unspecified atom stereocenters. The van der Waals surface area contributed by atoms with Crippen LogP contribution < -0.4 is 5.56 Å². The normalized spacial score (nSPS) is 11.0. The van der Waals surface area contributed by atoms with E-state index in [9.17, 15) is 4.79 Å². The molecular formula is C12H11N5OS. The Bertz CT molecular complexity index is 765. The standard InChI is InChI=1S/C12H11N5OS/c1-8-3-2-4-10-15-9(5-11(18)17(8)10)6-19-12-13-7-14-16-12/h2-5,7H,6H2,1H3,(H,13,14,16). The van der Waals surface area contributed by atoms with Gasteiger partial charge in [0.1, 0.15) is 12.0 Å². The Morgan fingerprint density at radius 3 is 3.11 bits per heavy atom. The van der Waals surface area contributed by atoms with Gasteiger partial charge in [-0.15, -0.1) is 0 Å². The monoisotopic (exact) mass is 273 g/mol. The summed E-state index contributed by atoms with van der Waals surface area (Å²) in [5.74, 6) is 0.578. The topological polar surface area (TPSA) is 75.9 Å². The van der Waals surface area contributed by atoms with Gasteiger partial charge in [-0.2, -0.15) is 5.10 Å². The highest BCUT2D eigenvalue weighted by atomic mass is 32.2. The lowest BCUT2D eigenvalue weighted by Gasteiger charge is -2.05. The second-order valence-corrected chi connectivity index (χ2v) is 4.99.